The number of unbranched alkanes of at least 4 members (excludes halogenated alkanes) is 5. The first-order valence-corrected chi connectivity index (χ1v) is 10.3. The standard InChI is InChI=1S/C23H31NO5/c1-4-5-6-7-8-9-10-15-11-12-16-17(13-15)23(2,3)21(28)19(20(16)27)22(29)24-14-18(25)26/h11-13,28H,4-10,14H2,1-3H3,(H,24,29)(H,25,26). The van der Waals surface area contributed by atoms with Crippen molar-refractivity contribution in [2.24, 2.45) is 0 Å². The van der Waals surface area contributed by atoms with E-state index in [0.717, 1.165) is 18.4 Å². The molecule has 1 amide bonds. The molecule has 6 nitrogen and oxygen atoms in total. The Kier molecular flexibility index (Phi) is 7.59. The first-order valence-electron chi connectivity index (χ1n) is 10.3. The maximum atomic E-state index is 12.8. The van der Waals surface area contributed by atoms with Gasteiger partial charge in [-0.2, -0.15) is 0 Å². The molecule has 0 heterocycles. The van der Waals surface area contributed by atoms with Crippen LogP contribution in [0.3, 0.4) is 0 Å². The number of fused-ring (bicyclic) bond motifs is 1. The van der Waals surface area contributed by atoms with Crippen molar-refractivity contribution in [2.75, 3.05) is 6.54 Å². The first kappa shape index (κ1) is 22.7. The molecule has 1 aromatic carbocycles. The van der Waals surface area contributed by atoms with Crippen LogP contribution in [0.1, 0.15) is 80.8 Å². The Morgan fingerprint density at radius 1 is 1.07 bits per heavy atom. The van der Waals surface area contributed by atoms with Crippen molar-refractivity contribution in [3.8, 4) is 0 Å². The van der Waals surface area contributed by atoms with E-state index in [9.17, 15) is 19.5 Å². The maximum absolute atomic E-state index is 12.8. The molecule has 3 N–H and O–H groups in total. The first-order chi connectivity index (χ1) is 13.7. The lowest BCUT2D eigenvalue weighted by Crippen LogP contribution is -2.39. The topological polar surface area (TPSA) is 104 Å². The van der Waals surface area contributed by atoms with E-state index >= 15 is 0 Å². The third kappa shape index (κ3) is 5.25. The lowest BCUT2D eigenvalue weighted by Gasteiger charge is -2.33. The number of ketones is 1. The third-order valence-electron chi connectivity index (χ3n) is 5.50. The summed E-state index contributed by atoms with van der Waals surface area (Å²) in [5, 5.41) is 21.6. The summed E-state index contributed by atoms with van der Waals surface area (Å²) in [4.78, 5) is 35.9. The minimum absolute atomic E-state index is 0.324. The summed E-state index contributed by atoms with van der Waals surface area (Å²) in [7, 11) is 0. The molecular formula is C23H31NO5. The van der Waals surface area contributed by atoms with E-state index in [-0.39, 0.29) is 11.3 Å². The number of nitrogens with one attached hydrogen (secondary N) is 1. The summed E-state index contributed by atoms with van der Waals surface area (Å²) in [5.74, 6) is -2.99. The van der Waals surface area contributed by atoms with Crippen LogP contribution in [0.2, 0.25) is 0 Å². The van der Waals surface area contributed by atoms with Crippen molar-refractivity contribution in [1.29, 1.82) is 0 Å². The summed E-state index contributed by atoms with van der Waals surface area (Å²) in [6.07, 6.45) is 8.11. The highest BCUT2D eigenvalue weighted by atomic mass is 16.4. The smallest absolute Gasteiger partial charge is 0.322 e. The van der Waals surface area contributed by atoms with Gasteiger partial charge >= 0.3 is 5.97 Å². The summed E-state index contributed by atoms with van der Waals surface area (Å²) < 4.78 is 0. The summed E-state index contributed by atoms with van der Waals surface area (Å²) >= 11 is 0. The molecule has 0 radical (unpaired) electrons. The minimum Gasteiger partial charge on any atom is -0.510 e. The lowest BCUT2D eigenvalue weighted by molar-refractivity contribution is -0.137. The number of carboxylic acids is 1. The van der Waals surface area contributed by atoms with Crippen LogP contribution in [0, 0.1) is 0 Å². The van der Waals surface area contributed by atoms with Crippen LogP contribution in [-0.2, 0) is 21.4 Å². The highest BCUT2D eigenvalue weighted by Gasteiger charge is 2.41. The fourth-order valence-electron chi connectivity index (χ4n) is 3.71. The van der Waals surface area contributed by atoms with E-state index in [4.69, 9.17) is 5.11 Å². The van der Waals surface area contributed by atoms with Crippen LogP contribution in [0.25, 0.3) is 0 Å². The number of aryl methyl sites for hydroxylation is 1. The SMILES string of the molecule is CCCCCCCCc1ccc2c(c1)C(C)(C)C(O)=C(C(=O)NCC(=O)O)C2=O. The Morgan fingerprint density at radius 3 is 2.38 bits per heavy atom. The number of Topliss-reactive ketones (excluding diaryl/α,β-unsaturated/α-hetero) is 1. The van der Waals surface area contributed by atoms with Gasteiger partial charge in [-0.05, 0) is 37.8 Å². The summed E-state index contributed by atoms with van der Waals surface area (Å²) in [6, 6.07) is 5.55. The van der Waals surface area contributed by atoms with E-state index in [0.29, 0.717) is 11.1 Å². The number of hydrogen-bond donors (Lipinski definition) is 3. The molecular weight excluding hydrogens is 370 g/mol. The predicted octanol–water partition coefficient (Wildman–Crippen LogP) is 4.08. The molecule has 0 bridgehead atoms. The number of benzene rings is 1. The highest BCUT2D eigenvalue weighted by Crippen LogP contribution is 2.40. The van der Waals surface area contributed by atoms with Gasteiger partial charge in [0.1, 0.15) is 17.9 Å². The average molecular weight is 402 g/mol. The molecule has 6 heteroatoms. The normalized spacial score (nSPS) is 15.2. The van der Waals surface area contributed by atoms with Crippen molar-refractivity contribution >= 4 is 17.7 Å². The van der Waals surface area contributed by atoms with Gasteiger partial charge in [-0.15, -0.1) is 0 Å². The fraction of sp³-hybridized carbons (Fsp3) is 0.522. The van der Waals surface area contributed by atoms with Crippen LogP contribution < -0.4 is 5.32 Å². The molecule has 2 rings (SSSR count). The van der Waals surface area contributed by atoms with Gasteiger partial charge in [-0.1, -0.05) is 57.2 Å². The minimum atomic E-state index is -1.22. The molecule has 1 aromatic rings. The molecule has 1 aliphatic carbocycles. The molecule has 0 unspecified atom stereocenters. The number of aliphatic hydroxyl groups excluding tert-OH is 1. The predicted molar refractivity (Wildman–Crippen MR) is 111 cm³/mol. The third-order valence-corrected chi connectivity index (χ3v) is 5.50. The van der Waals surface area contributed by atoms with Gasteiger partial charge < -0.3 is 15.5 Å². The number of hydrogen-bond acceptors (Lipinski definition) is 4. The maximum Gasteiger partial charge on any atom is 0.322 e. The molecule has 0 saturated heterocycles. The van der Waals surface area contributed by atoms with Gasteiger partial charge in [0.05, 0.1) is 0 Å². The van der Waals surface area contributed by atoms with Gasteiger partial charge in [0.15, 0.2) is 0 Å². The number of amides is 1. The second-order valence-electron chi connectivity index (χ2n) is 8.15. The number of carbonyl (C=O) groups excluding carboxylic acids is 2. The zero-order chi connectivity index (χ0) is 21.6. The monoisotopic (exact) mass is 401 g/mol. The van der Waals surface area contributed by atoms with E-state index in [1.165, 1.54) is 32.1 Å². The van der Waals surface area contributed by atoms with Crippen molar-refractivity contribution in [3.63, 3.8) is 0 Å². The second-order valence-corrected chi connectivity index (χ2v) is 8.15. The van der Waals surface area contributed by atoms with Gasteiger partial charge in [-0.3, -0.25) is 14.4 Å². The van der Waals surface area contributed by atoms with Crippen molar-refractivity contribution in [3.05, 3.63) is 46.2 Å². The average Bonchev–Trinajstić information content (AvgIpc) is 2.68. The number of rotatable bonds is 10. The number of carbonyl (C=O) groups is 3. The number of carboxylic acid groups (broad SMARTS) is 1. The number of aliphatic hydroxyl groups is 1. The second kappa shape index (κ2) is 9.72. The Labute approximate surface area is 172 Å². The Morgan fingerprint density at radius 2 is 1.72 bits per heavy atom. The van der Waals surface area contributed by atoms with Crippen LogP contribution >= 0.6 is 0 Å². The van der Waals surface area contributed by atoms with Crippen LogP contribution in [0.15, 0.2) is 29.5 Å². The zero-order valence-electron chi connectivity index (χ0n) is 17.5. The highest BCUT2D eigenvalue weighted by molar-refractivity contribution is 6.27. The van der Waals surface area contributed by atoms with Gasteiger partial charge in [0, 0.05) is 11.0 Å². The fourth-order valence-corrected chi connectivity index (χ4v) is 3.71. The summed E-state index contributed by atoms with van der Waals surface area (Å²) in [5.41, 5.74) is 0.869. The molecule has 0 saturated carbocycles. The molecule has 0 atom stereocenters. The molecule has 0 fully saturated rings. The molecule has 0 aromatic heterocycles. The molecule has 29 heavy (non-hydrogen) atoms. The van der Waals surface area contributed by atoms with Gasteiger partial charge in [0.2, 0.25) is 5.78 Å². The van der Waals surface area contributed by atoms with Crippen molar-refractivity contribution < 1.29 is 24.6 Å². The van der Waals surface area contributed by atoms with Crippen LogP contribution in [0.4, 0.5) is 0 Å². The lowest BCUT2D eigenvalue weighted by atomic mass is 9.71. The van der Waals surface area contributed by atoms with Gasteiger partial charge in [-0.25, -0.2) is 0 Å². The van der Waals surface area contributed by atoms with Crippen molar-refractivity contribution in [1.82, 2.24) is 5.32 Å². The van der Waals surface area contributed by atoms with Crippen LogP contribution in [0.5, 0.6) is 0 Å². The Hall–Kier alpha value is -2.63. The molecule has 0 aliphatic heterocycles. The summed E-state index contributed by atoms with van der Waals surface area (Å²) in [6.45, 7) is 5.09. The van der Waals surface area contributed by atoms with Crippen molar-refractivity contribution in [2.45, 2.75) is 71.1 Å². The number of aliphatic carboxylic acids is 1. The Balaban J connectivity index is 2.19. The molecule has 158 valence electrons. The molecule has 1 aliphatic rings. The van der Waals surface area contributed by atoms with E-state index in [1.54, 1.807) is 19.9 Å². The Bertz CT molecular complexity index is 823. The van der Waals surface area contributed by atoms with E-state index < -0.39 is 29.6 Å². The van der Waals surface area contributed by atoms with E-state index in [2.05, 4.69) is 12.2 Å². The van der Waals surface area contributed by atoms with Gasteiger partial charge in [0.25, 0.3) is 5.91 Å². The van der Waals surface area contributed by atoms with Crippen LogP contribution in [-0.4, -0.2) is 34.4 Å². The largest absolute Gasteiger partial charge is 0.510 e. The number of allylic oxidation sites excluding steroid dienone is 1. The quantitative estimate of drug-likeness (QED) is 0.405. The van der Waals surface area contributed by atoms with E-state index in [1.807, 2.05) is 12.1 Å². The molecule has 0 spiro atoms. The zero-order valence-corrected chi connectivity index (χ0v) is 17.5.